The lowest BCUT2D eigenvalue weighted by atomic mass is 9.88. The van der Waals surface area contributed by atoms with Crippen LogP contribution in [0.15, 0.2) is 24.5 Å². The van der Waals surface area contributed by atoms with E-state index in [2.05, 4.69) is 4.98 Å². The minimum Gasteiger partial charge on any atom is -0.491 e. The molecule has 110 valence electrons. The highest BCUT2D eigenvalue weighted by molar-refractivity contribution is 7.91. The van der Waals surface area contributed by atoms with E-state index in [1.807, 2.05) is 0 Å². The molecule has 1 atom stereocenters. The molecule has 0 aliphatic carbocycles. The van der Waals surface area contributed by atoms with E-state index in [1.165, 1.54) is 6.20 Å². The highest BCUT2D eigenvalue weighted by Crippen LogP contribution is 2.27. The van der Waals surface area contributed by atoms with Crippen LogP contribution >= 0.6 is 0 Å². The number of pyridine rings is 1. The Kier molecular flexibility index (Phi) is 4.59. The third kappa shape index (κ3) is 3.93. The summed E-state index contributed by atoms with van der Waals surface area (Å²) >= 11 is 0. The zero-order valence-electron chi connectivity index (χ0n) is 10.9. The number of ether oxygens (including phenoxy) is 1. The topological polar surface area (TPSA) is 93.6 Å². The van der Waals surface area contributed by atoms with Crippen molar-refractivity contribution in [1.29, 1.82) is 0 Å². The predicted octanol–water partition coefficient (Wildman–Crippen LogP) is 0.986. The molecule has 1 fully saturated rings. The van der Waals surface area contributed by atoms with Crippen LogP contribution in [-0.4, -0.2) is 42.6 Å². The summed E-state index contributed by atoms with van der Waals surface area (Å²) < 4.78 is 28.2. The lowest BCUT2D eigenvalue weighted by Crippen LogP contribution is -2.35. The summed E-state index contributed by atoms with van der Waals surface area (Å²) in [5, 5.41) is 9.29. The standard InChI is InChI=1S/C13H17NO5S/c15-13(16)12(9-19-11-2-1-5-14-8-11)10-3-6-20(17,18)7-4-10/h1-2,5,8,10,12H,3-4,6-7,9H2,(H,15,16). The van der Waals surface area contributed by atoms with E-state index >= 15 is 0 Å². The quantitative estimate of drug-likeness (QED) is 0.871. The van der Waals surface area contributed by atoms with E-state index in [9.17, 15) is 18.3 Å². The molecule has 1 unspecified atom stereocenters. The fraction of sp³-hybridized carbons (Fsp3) is 0.538. The maximum Gasteiger partial charge on any atom is 0.310 e. The second-order valence-electron chi connectivity index (χ2n) is 4.93. The largest absolute Gasteiger partial charge is 0.491 e. The van der Waals surface area contributed by atoms with Crippen LogP contribution in [0.25, 0.3) is 0 Å². The highest BCUT2D eigenvalue weighted by atomic mass is 32.2. The van der Waals surface area contributed by atoms with Crippen LogP contribution in [0.1, 0.15) is 12.8 Å². The molecule has 2 heterocycles. The molecule has 1 aromatic rings. The van der Waals surface area contributed by atoms with Gasteiger partial charge in [0.05, 0.1) is 23.6 Å². The van der Waals surface area contributed by atoms with Crippen LogP contribution in [0.3, 0.4) is 0 Å². The number of hydrogen-bond donors (Lipinski definition) is 1. The first-order valence-corrected chi connectivity index (χ1v) is 8.26. The zero-order valence-corrected chi connectivity index (χ0v) is 11.8. The number of aliphatic carboxylic acids is 1. The molecule has 0 radical (unpaired) electrons. The Labute approximate surface area is 117 Å². The molecule has 20 heavy (non-hydrogen) atoms. The van der Waals surface area contributed by atoms with Gasteiger partial charge < -0.3 is 9.84 Å². The number of rotatable bonds is 5. The van der Waals surface area contributed by atoms with Gasteiger partial charge in [-0.05, 0) is 30.9 Å². The fourth-order valence-corrected chi connectivity index (χ4v) is 3.87. The van der Waals surface area contributed by atoms with Gasteiger partial charge in [0.1, 0.15) is 22.2 Å². The van der Waals surface area contributed by atoms with Gasteiger partial charge in [-0.15, -0.1) is 0 Å². The van der Waals surface area contributed by atoms with Gasteiger partial charge >= 0.3 is 5.97 Å². The maximum absolute atomic E-state index is 11.4. The van der Waals surface area contributed by atoms with Gasteiger partial charge in [0, 0.05) is 6.20 Å². The molecule has 0 aromatic carbocycles. The van der Waals surface area contributed by atoms with Crippen LogP contribution in [0.4, 0.5) is 0 Å². The normalized spacial score (nSPS) is 20.2. The monoisotopic (exact) mass is 299 g/mol. The number of nitrogens with zero attached hydrogens (tertiary/aromatic N) is 1. The molecule has 0 spiro atoms. The van der Waals surface area contributed by atoms with E-state index in [0.717, 1.165) is 0 Å². The van der Waals surface area contributed by atoms with Gasteiger partial charge in [-0.25, -0.2) is 8.42 Å². The van der Waals surface area contributed by atoms with Crippen molar-refractivity contribution in [1.82, 2.24) is 4.98 Å². The predicted molar refractivity (Wildman–Crippen MR) is 72.2 cm³/mol. The molecule has 0 saturated carbocycles. The summed E-state index contributed by atoms with van der Waals surface area (Å²) in [7, 11) is -2.99. The minimum atomic E-state index is -2.99. The number of hydrogen-bond acceptors (Lipinski definition) is 5. The number of aromatic nitrogens is 1. The number of carboxylic acids is 1. The molecule has 6 nitrogen and oxygen atoms in total. The molecular formula is C13H17NO5S. The van der Waals surface area contributed by atoms with E-state index in [4.69, 9.17) is 4.74 Å². The Hall–Kier alpha value is -1.63. The van der Waals surface area contributed by atoms with Gasteiger partial charge in [-0.2, -0.15) is 0 Å². The summed E-state index contributed by atoms with van der Waals surface area (Å²) in [6.45, 7) is 0.0335. The van der Waals surface area contributed by atoms with Gasteiger partial charge in [0.15, 0.2) is 0 Å². The smallest absolute Gasteiger partial charge is 0.310 e. The molecule has 1 aromatic heterocycles. The lowest BCUT2D eigenvalue weighted by Gasteiger charge is -2.27. The van der Waals surface area contributed by atoms with Gasteiger partial charge in [0.2, 0.25) is 0 Å². The summed E-state index contributed by atoms with van der Waals surface area (Å²) in [6, 6.07) is 3.41. The summed E-state index contributed by atoms with van der Waals surface area (Å²) in [6.07, 6.45) is 3.89. The first-order chi connectivity index (χ1) is 9.48. The Morgan fingerprint density at radius 1 is 1.45 bits per heavy atom. The van der Waals surface area contributed by atoms with Crippen molar-refractivity contribution in [2.75, 3.05) is 18.1 Å². The van der Waals surface area contributed by atoms with Crippen molar-refractivity contribution in [3.8, 4) is 5.75 Å². The van der Waals surface area contributed by atoms with E-state index in [-0.39, 0.29) is 24.0 Å². The van der Waals surface area contributed by atoms with Crippen molar-refractivity contribution in [2.45, 2.75) is 12.8 Å². The molecule has 1 aliphatic rings. The first-order valence-electron chi connectivity index (χ1n) is 6.44. The molecule has 1 N–H and O–H groups in total. The summed E-state index contributed by atoms with van der Waals surface area (Å²) in [4.78, 5) is 15.2. The molecular weight excluding hydrogens is 282 g/mol. The van der Waals surface area contributed by atoms with E-state index in [1.54, 1.807) is 18.3 Å². The average Bonchev–Trinajstić information content (AvgIpc) is 2.41. The minimum absolute atomic E-state index is 0.0335. The highest BCUT2D eigenvalue weighted by Gasteiger charge is 2.34. The SMILES string of the molecule is O=C(O)C(COc1cccnc1)C1CCS(=O)(=O)CC1. The average molecular weight is 299 g/mol. The van der Waals surface area contributed by atoms with Gasteiger partial charge in [-0.1, -0.05) is 0 Å². The van der Waals surface area contributed by atoms with Gasteiger partial charge in [-0.3, -0.25) is 9.78 Å². The molecule has 1 saturated heterocycles. The fourth-order valence-electron chi connectivity index (χ4n) is 2.34. The number of sulfone groups is 1. The lowest BCUT2D eigenvalue weighted by molar-refractivity contribution is -0.145. The summed E-state index contributed by atoms with van der Waals surface area (Å²) in [5.74, 6) is -1.15. The van der Waals surface area contributed by atoms with Crippen molar-refractivity contribution >= 4 is 15.8 Å². The van der Waals surface area contributed by atoms with Crippen molar-refractivity contribution in [3.05, 3.63) is 24.5 Å². The van der Waals surface area contributed by atoms with Crippen LogP contribution in [-0.2, 0) is 14.6 Å². The van der Waals surface area contributed by atoms with E-state index < -0.39 is 21.7 Å². The first kappa shape index (κ1) is 14.8. The van der Waals surface area contributed by atoms with Crippen LogP contribution in [0.5, 0.6) is 5.75 Å². The molecule has 1 aliphatic heterocycles. The Morgan fingerprint density at radius 3 is 2.70 bits per heavy atom. The maximum atomic E-state index is 11.4. The Bertz CT molecular complexity index is 543. The second-order valence-corrected chi connectivity index (χ2v) is 7.24. The van der Waals surface area contributed by atoms with Crippen LogP contribution < -0.4 is 4.74 Å². The van der Waals surface area contributed by atoms with Crippen LogP contribution in [0, 0.1) is 11.8 Å². The van der Waals surface area contributed by atoms with E-state index in [0.29, 0.717) is 18.6 Å². The summed E-state index contributed by atoms with van der Waals surface area (Å²) in [5.41, 5.74) is 0. The molecule has 0 bridgehead atoms. The second kappa shape index (κ2) is 6.21. The van der Waals surface area contributed by atoms with Crippen molar-refractivity contribution in [3.63, 3.8) is 0 Å². The Balaban J connectivity index is 1.96. The van der Waals surface area contributed by atoms with Crippen molar-refractivity contribution < 1.29 is 23.1 Å². The third-order valence-electron chi connectivity index (χ3n) is 3.55. The number of carbonyl (C=O) groups is 1. The molecule has 2 rings (SSSR count). The zero-order chi connectivity index (χ0) is 14.6. The Morgan fingerprint density at radius 2 is 2.15 bits per heavy atom. The van der Waals surface area contributed by atoms with Crippen molar-refractivity contribution in [2.24, 2.45) is 11.8 Å². The van der Waals surface area contributed by atoms with Crippen LogP contribution in [0.2, 0.25) is 0 Å². The molecule has 0 amide bonds. The molecule has 7 heteroatoms. The van der Waals surface area contributed by atoms with Gasteiger partial charge in [0.25, 0.3) is 0 Å². The number of carboxylic acid groups (broad SMARTS) is 1. The third-order valence-corrected chi connectivity index (χ3v) is 5.26.